The van der Waals surface area contributed by atoms with Crippen LogP contribution >= 0.6 is 0 Å². The summed E-state index contributed by atoms with van der Waals surface area (Å²) in [5.41, 5.74) is 2.15. The lowest BCUT2D eigenvalue weighted by atomic mass is 10.1. The number of nitrogens with zero attached hydrogens (tertiary/aromatic N) is 1. The molecule has 0 unspecified atom stereocenters. The highest BCUT2D eigenvalue weighted by Gasteiger charge is 2.24. The molecule has 1 N–H and O–H groups in total. The van der Waals surface area contributed by atoms with Crippen molar-refractivity contribution in [2.24, 2.45) is 0 Å². The van der Waals surface area contributed by atoms with Gasteiger partial charge in [-0.05, 0) is 37.1 Å². The molecular formula is C13H20N2O2S. The molecule has 0 spiro atoms. The van der Waals surface area contributed by atoms with Gasteiger partial charge >= 0.3 is 0 Å². The van der Waals surface area contributed by atoms with Crippen LogP contribution in [0.4, 0.5) is 5.69 Å². The summed E-state index contributed by atoms with van der Waals surface area (Å²) in [4.78, 5) is 0.404. The standard InChI is InChI=1S/C13H20N2O2S/c1-4-15(5-2)18(16,17)12-6-7-13-11(9-12)8-10(3)14-13/h6-7,9-10,14H,4-5,8H2,1-3H3/t10-/m1/s1. The summed E-state index contributed by atoms with van der Waals surface area (Å²) in [6.07, 6.45) is 0.886. The molecule has 2 rings (SSSR count). The predicted octanol–water partition coefficient (Wildman–Crippen LogP) is 2.07. The van der Waals surface area contributed by atoms with Gasteiger partial charge in [-0.15, -0.1) is 0 Å². The van der Waals surface area contributed by atoms with Crippen LogP contribution in [-0.2, 0) is 16.4 Å². The summed E-state index contributed by atoms with van der Waals surface area (Å²) < 4.78 is 26.2. The Hall–Kier alpha value is -1.07. The van der Waals surface area contributed by atoms with E-state index in [2.05, 4.69) is 12.2 Å². The average Bonchev–Trinajstić information content (AvgIpc) is 2.69. The maximum atomic E-state index is 12.4. The van der Waals surface area contributed by atoms with E-state index in [1.54, 1.807) is 12.1 Å². The topological polar surface area (TPSA) is 49.4 Å². The van der Waals surface area contributed by atoms with Crippen molar-refractivity contribution in [3.63, 3.8) is 0 Å². The number of anilines is 1. The Morgan fingerprint density at radius 3 is 2.61 bits per heavy atom. The van der Waals surface area contributed by atoms with Gasteiger partial charge in [0.15, 0.2) is 0 Å². The number of fused-ring (bicyclic) bond motifs is 1. The number of rotatable bonds is 4. The van der Waals surface area contributed by atoms with Gasteiger partial charge in [-0.3, -0.25) is 0 Å². The Balaban J connectivity index is 2.39. The van der Waals surface area contributed by atoms with Gasteiger partial charge < -0.3 is 5.32 Å². The Labute approximate surface area is 109 Å². The normalized spacial score (nSPS) is 18.8. The number of hydrogen-bond donors (Lipinski definition) is 1. The van der Waals surface area contributed by atoms with Crippen LogP contribution in [0.15, 0.2) is 23.1 Å². The van der Waals surface area contributed by atoms with E-state index in [1.807, 2.05) is 19.9 Å². The Kier molecular flexibility index (Phi) is 3.64. The molecule has 18 heavy (non-hydrogen) atoms. The van der Waals surface area contributed by atoms with Gasteiger partial charge in [-0.25, -0.2) is 8.42 Å². The van der Waals surface area contributed by atoms with Crippen LogP contribution in [0.2, 0.25) is 0 Å². The zero-order valence-electron chi connectivity index (χ0n) is 11.1. The van der Waals surface area contributed by atoms with Crippen LogP contribution in [0.5, 0.6) is 0 Å². The first kappa shape index (κ1) is 13.4. The van der Waals surface area contributed by atoms with E-state index in [9.17, 15) is 8.42 Å². The summed E-state index contributed by atoms with van der Waals surface area (Å²) in [6, 6.07) is 5.75. The maximum absolute atomic E-state index is 12.4. The second-order valence-corrected chi connectivity index (χ2v) is 6.60. The van der Waals surface area contributed by atoms with Crippen molar-refractivity contribution in [2.45, 2.75) is 38.1 Å². The van der Waals surface area contributed by atoms with Crippen LogP contribution < -0.4 is 5.32 Å². The molecule has 100 valence electrons. The lowest BCUT2D eigenvalue weighted by molar-refractivity contribution is 0.445. The summed E-state index contributed by atoms with van der Waals surface area (Å²) in [5.74, 6) is 0. The van der Waals surface area contributed by atoms with Gasteiger partial charge in [0.1, 0.15) is 0 Å². The van der Waals surface area contributed by atoms with E-state index >= 15 is 0 Å². The minimum Gasteiger partial charge on any atom is -0.382 e. The predicted molar refractivity (Wildman–Crippen MR) is 73.3 cm³/mol. The average molecular weight is 268 g/mol. The van der Waals surface area contributed by atoms with E-state index < -0.39 is 10.0 Å². The minimum atomic E-state index is -3.33. The first-order chi connectivity index (χ1) is 8.48. The van der Waals surface area contributed by atoms with Gasteiger partial charge in [0.05, 0.1) is 4.90 Å². The molecule has 1 aliphatic heterocycles. The molecule has 1 heterocycles. The fourth-order valence-corrected chi connectivity index (χ4v) is 3.91. The quantitative estimate of drug-likeness (QED) is 0.909. The van der Waals surface area contributed by atoms with Crippen molar-refractivity contribution in [2.75, 3.05) is 18.4 Å². The van der Waals surface area contributed by atoms with Gasteiger partial charge in [-0.1, -0.05) is 13.8 Å². The lowest BCUT2D eigenvalue weighted by Crippen LogP contribution is -2.30. The second kappa shape index (κ2) is 4.90. The number of nitrogens with one attached hydrogen (secondary N) is 1. The van der Waals surface area contributed by atoms with Crippen LogP contribution in [0.25, 0.3) is 0 Å². The molecule has 1 aromatic carbocycles. The first-order valence-electron chi connectivity index (χ1n) is 6.38. The molecular weight excluding hydrogens is 248 g/mol. The number of sulfonamides is 1. The molecule has 0 radical (unpaired) electrons. The molecule has 0 saturated heterocycles. The fourth-order valence-electron chi connectivity index (χ4n) is 2.40. The molecule has 1 atom stereocenters. The highest BCUT2D eigenvalue weighted by molar-refractivity contribution is 7.89. The molecule has 0 saturated carbocycles. The third-order valence-electron chi connectivity index (χ3n) is 3.35. The van der Waals surface area contributed by atoms with Crippen LogP contribution in [-0.4, -0.2) is 31.9 Å². The lowest BCUT2D eigenvalue weighted by Gasteiger charge is -2.18. The summed E-state index contributed by atoms with van der Waals surface area (Å²) in [5, 5.41) is 3.32. The zero-order valence-corrected chi connectivity index (χ0v) is 11.9. The molecule has 1 aliphatic rings. The minimum absolute atomic E-state index is 0.381. The number of benzene rings is 1. The molecule has 0 aliphatic carbocycles. The summed E-state index contributed by atoms with van der Waals surface area (Å²) in [6.45, 7) is 6.82. The zero-order chi connectivity index (χ0) is 13.3. The van der Waals surface area contributed by atoms with Gasteiger partial charge in [0.25, 0.3) is 0 Å². The van der Waals surface area contributed by atoms with E-state index in [0.717, 1.165) is 17.7 Å². The molecule has 0 amide bonds. The summed E-state index contributed by atoms with van der Waals surface area (Å²) in [7, 11) is -3.33. The monoisotopic (exact) mass is 268 g/mol. The van der Waals surface area contributed by atoms with Gasteiger partial charge in [-0.2, -0.15) is 4.31 Å². The van der Waals surface area contributed by atoms with E-state index in [0.29, 0.717) is 24.0 Å². The van der Waals surface area contributed by atoms with Gasteiger partial charge in [0.2, 0.25) is 10.0 Å². The maximum Gasteiger partial charge on any atom is 0.243 e. The highest BCUT2D eigenvalue weighted by atomic mass is 32.2. The third-order valence-corrected chi connectivity index (χ3v) is 5.39. The first-order valence-corrected chi connectivity index (χ1v) is 7.82. The van der Waals surface area contributed by atoms with Crippen molar-refractivity contribution in [1.82, 2.24) is 4.31 Å². The molecule has 1 aromatic rings. The highest BCUT2D eigenvalue weighted by Crippen LogP contribution is 2.29. The Morgan fingerprint density at radius 2 is 2.00 bits per heavy atom. The van der Waals surface area contributed by atoms with Crippen molar-refractivity contribution in [3.05, 3.63) is 23.8 Å². The van der Waals surface area contributed by atoms with E-state index in [4.69, 9.17) is 0 Å². The molecule has 0 fully saturated rings. The molecule has 5 heteroatoms. The fraction of sp³-hybridized carbons (Fsp3) is 0.538. The Morgan fingerprint density at radius 1 is 1.33 bits per heavy atom. The molecule has 0 aromatic heterocycles. The Bertz CT molecular complexity index is 536. The van der Waals surface area contributed by atoms with Crippen molar-refractivity contribution in [1.29, 1.82) is 0 Å². The second-order valence-electron chi connectivity index (χ2n) is 4.66. The smallest absolute Gasteiger partial charge is 0.243 e. The van der Waals surface area contributed by atoms with E-state index in [-0.39, 0.29) is 0 Å². The van der Waals surface area contributed by atoms with Crippen molar-refractivity contribution in [3.8, 4) is 0 Å². The largest absolute Gasteiger partial charge is 0.382 e. The van der Waals surface area contributed by atoms with Crippen LogP contribution in [0.1, 0.15) is 26.3 Å². The van der Waals surface area contributed by atoms with Crippen molar-refractivity contribution < 1.29 is 8.42 Å². The summed E-state index contributed by atoms with van der Waals surface area (Å²) >= 11 is 0. The van der Waals surface area contributed by atoms with Crippen LogP contribution in [0.3, 0.4) is 0 Å². The van der Waals surface area contributed by atoms with E-state index in [1.165, 1.54) is 4.31 Å². The van der Waals surface area contributed by atoms with Crippen molar-refractivity contribution >= 4 is 15.7 Å². The molecule has 4 nitrogen and oxygen atoms in total. The third kappa shape index (κ3) is 2.24. The van der Waals surface area contributed by atoms with Crippen LogP contribution in [0, 0.1) is 0 Å². The SMILES string of the molecule is CCN(CC)S(=O)(=O)c1ccc2c(c1)C[C@@H](C)N2. The number of hydrogen-bond acceptors (Lipinski definition) is 3. The van der Waals surface area contributed by atoms with Gasteiger partial charge in [0, 0.05) is 24.8 Å². The molecule has 0 bridgehead atoms.